The van der Waals surface area contributed by atoms with Gasteiger partial charge in [-0.15, -0.1) is 0 Å². The summed E-state index contributed by atoms with van der Waals surface area (Å²) in [4.78, 5) is 0. The fourth-order valence-electron chi connectivity index (χ4n) is 1.49. The summed E-state index contributed by atoms with van der Waals surface area (Å²) in [5.74, 6) is 0. The topological polar surface area (TPSA) is 29.5 Å². The van der Waals surface area contributed by atoms with Gasteiger partial charge >= 0.3 is 90.1 Å². The molecular weight excluding hydrogens is 243 g/mol. The summed E-state index contributed by atoms with van der Waals surface area (Å²) in [5.41, 5.74) is 0. The minimum atomic E-state index is -0.236. The number of aliphatic hydroxyl groups excluding tert-OH is 1. The Bertz CT molecular complexity index is 276. The van der Waals surface area contributed by atoms with Gasteiger partial charge in [-0.25, -0.2) is 0 Å². The molecule has 1 heterocycles. The molecule has 1 saturated heterocycles. The summed E-state index contributed by atoms with van der Waals surface area (Å²) < 4.78 is 6.83. The molecule has 0 aliphatic carbocycles. The van der Waals surface area contributed by atoms with Crippen molar-refractivity contribution in [2.75, 3.05) is 6.61 Å². The molecule has 0 saturated carbocycles. The van der Waals surface area contributed by atoms with Gasteiger partial charge in [0.15, 0.2) is 0 Å². The van der Waals surface area contributed by atoms with Crippen LogP contribution in [0.25, 0.3) is 0 Å². The van der Waals surface area contributed by atoms with Crippen molar-refractivity contribution < 1.29 is 9.84 Å². The molecule has 3 heteroatoms. The van der Waals surface area contributed by atoms with Crippen LogP contribution in [-0.2, 0) is 4.74 Å². The molecule has 0 bridgehead atoms. The van der Waals surface area contributed by atoms with Gasteiger partial charge in [0.25, 0.3) is 0 Å². The molecule has 2 atom stereocenters. The number of benzene rings is 1. The SMILES string of the molecule is OC1CCOC1C[Se]c1ccccc1. The third kappa shape index (κ3) is 2.58. The zero-order chi connectivity index (χ0) is 9.80. The molecular formula is C11H14O2Se. The fourth-order valence-corrected chi connectivity index (χ4v) is 3.64. The van der Waals surface area contributed by atoms with E-state index in [1.165, 1.54) is 4.46 Å². The summed E-state index contributed by atoms with van der Waals surface area (Å²) in [7, 11) is 0. The predicted octanol–water partition coefficient (Wildman–Crippen LogP) is 0.584. The number of hydrogen-bond donors (Lipinski definition) is 1. The predicted molar refractivity (Wildman–Crippen MR) is 57.0 cm³/mol. The molecule has 1 aromatic carbocycles. The van der Waals surface area contributed by atoms with Crippen molar-refractivity contribution in [2.24, 2.45) is 0 Å². The van der Waals surface area contributed by atoms with Gasteiger partial charge in [0.05, 0.1) is 0 Å². The van der Waals surface area contributed by atoms with E-state index in [0.717, 1.165) is 18.3 Å². The van der Waals surface area contributed by atoms with Crippen molar-refractivity contribution in [2.45, 2.75) is 23.9 Å². The number of rotatable bonds is 3. The summed E-state index contributed by atoms with van der Waals surface area (Å²) in [6.45, 7) is 0.719. The number of ether oxygens (including phenoxy) is 1. The first-order valence-electron chi connectivity index (χ1n) is 4.84. The number of aliphatic hydroxyl groups is 1. The van der Waals surface area contributed by atoms with Crippen LogP contribution in [0.5, 0.6) is 0 Å². The quantitative estimate of drug-likeness (QED) is 0.803. The Hall–Kier alpha value is -0.341. The van der Waals surface area contributed by atoms with E-state index in [1.54, 1.807) is 0 Å². The van der Waals surface area contributed by atoms with Crippen molar-refractivity contribution in [3.63, 3.8) is 0 Å². The summed E-state index contributed by atoms with van der Waals surface area (Å²) in [5, 5.41) is 10.5. The van der Waals surface area contributed by atoms with Crippen LogP contribution in [0.2, 0.25) is 5.32 Å². The molecule has 2 nitrogen and oxygen atoms in total. The monoisotopic (exact) mass is 258 g/mol. The van der Waals surface area contributed by atoms with Gasteiger partial charge in [-0.2, -0.15) is 0 Å². The molecule has 76 valence electrons. The Labute approximate surface area is 90.4 Å². The van der Waals surface area contributed by atoms with Gasteiger partial charge in [0.1, 0.15) is 0 Å². The van der Waals surface area contributed by atoms with Gasteiger partial charge in [-0.05, 0) is 0 Å². The van der Waals surface area contributed by atoms with Crippen molar-refractivity contribution >= 4 is 19.4 Å². The second-order valence-corrected chi connectivity index (χ2v) is 5.68. The van der Waals surface area contributed by atoms with Crippen LogP contribution in [0, 0.1) is 0 Å². The molecule has 0 spiro atoms. The standard InChI is InChI=1S/C11H14O2Se/c12-10-6-7-13-11(10)8-14-9-4-2-1-3-5-9/h1-5,10-12H,6-8H2. The van der Waals surface area contributed by atoms with Gasteiger partial charge in [-0.1, -0.05) is 0 Å². The molecule has 0 radical (unpaired) electrons. The van der Waals surface area contributed by atoms with Crippen molar-refractivity contribution in [1.82, 2.24) is 0 Å². The average Bonchev–Trinajstić information content (AvgIpc) is 2.63. The molecule has 1 aromatic rings. The van der Waals surface area contributed by atoms with Gasteiger partial charge < -0.3 is 0 Å². The number of hydrogen-bond acceptors (Lipinski definition) is 2. The second-order valence-electron chi connectivity index (χ2n) is 3.39. The summed E-state index contributed by atoms with van der Waals surface area (Å²) in [6, 6.07) is 10.4. The molecule has 0 aromatic heterocycles. The summed E-state index contributed by atoms with van der Waals surface area (Å²) >= 11 is 0.428. The van der Waals surface area contributed by atoms with Gasteiger partial charge in [-0.3, -0.25) is 0 Å². The van der Waals surface area contributed by atoms with E-state index in [9.17, 15) is 5.11 Å². The molecule has 1 fully saturated rings. The zero-order valence-electron chi connectivity index (χ0n) is 7.93. The molecule has 14 heavy (non-hydrogen) atoms. The first-order valence-corrected chi connectivity index (χ1v) is 6.90. The first-order chi connectivity index (χ1) is 6.86. The first kappa shape index (κ1) is 10.2. The average molecular weight is 257 g/mol. The Morgan fingerprint density at radius 3 is 2.79 bits per heavy atom. The fraction of sp³-hybridized carbons (Fsp3) is 0.455. The van der Waals surface area contributed by atoms with Crippen LogP contribution >= 0.6 is 0 Å². The van der Waals surface area contributed by atoms with E-state index >= 15 is 0 Å². The Kier molecular flexibility index (Phi) is 3.60. The van der Waals surface area contributed by atoms with E-state index in [-0.39, 0.29) is 12.2 Å². The molecule has 2 rings (SSSR count). The third-order valence-electron chi connectivity index (χ3n) is 2.33. The molecule has 0 amide bonds. The Morgan fingerprint density at radius 2 is 2.14 bits per heavy atom. The Morgan fingerprint density at radius 1 is 1.36 bits per heavy atom. The van der Waals surface area contributed by atoms with Crippen LogP contribution in [0.4, 0.5) is 0 Å². The van der Waals surface area contributed by atoms with Gasteiger partial charge in [0.2, 0.25) is 0 Å². The van der Waals surface area contributed by atoms with Crippen molar-refractivity contribution in [1.29, 1.82) is 0 Å². The van der Waals surface area contributed by atoms with Gasteiger partial charge in [0, 0.05) is 0 Å². The van der Waals surface area contributed by atoms with Crippen LogP contribution in [-0.4, -0.2) is 38.9 Å². The summed E-state index contributed by atoms with van der Waals surface area (Å²) in [6.07, 6.45) is 0.644. The molecule has 2 unspecified atom stereocenters. The minimum absolute atomic E-state index is 0.0789. The Balaban J connectivity index is 1.82. The van der Waals surface area contributed by atoms with Crippen LogP contribution in [0.15, 0.2) is 30.3 Å². The normalized spacial score (nSPS) is 26.6. The van der Waals surface area contributed by atoms with Crippen molar-refractivity contribution in [3.8, 4) is 0 Å². The third-order valence-corrected chi connectivity index (χ3v) is 4.64. The van der Waals surface area contributed by atoms with Crippen LogP contribution < -0.4 is 4.46 Å². The maximum absolute atomic E-state index is 9.55. The van der Waals surface area contributed by atoms with E-state index in [1.807, 2.05) is 6.07 Å². The molecule has 1 aliphatic heterocycles. The van der Waals surface area contributed by atoms with E-state index in [4.69, 9.17) is 4.74 Å². The van der Waals surface area contributed by atoms with Crippen LogP contribution in [0.1, 0.15) is 6.42 Å². The maximum atomic E-state index is 9.55. The van der Waals surface area contributed by atoms with E-state index in [2.05, 4.69) is 24.3 Å². The molecule has 1 N–H and O–H groups in total. The van der Waals surface area contributed by atoms with E-state index in [0.29, 0.717) is 15.0 Å². The van der Waals surface area contributed by atoms with Crippen LogP contribution in [0.3, 0.4) is 0 Å². The molecule has 1 aliphatic rings. The van der Waals surface area contributed by atoms with E-state index < -0.39 is 0 Å². The van der Waals surface area contributed by atoms with Crippen molar-refractivity contribution in [3.05, 3.63) is 30.3 Å². The zero-order valence-corrected chi connectivity index (χ0v) is 9.64. The second kappa shape index (κ2) is 4.94.